The van der Waals surface area contributed by atoms with Gasteiger partial charge in [-0.15, -0.1) is 6.58 Å². The van der Waals surface area contributed by atoms with Crippen LogP contribution in [-0.2, 0) is 19.4 Å². The van der Waals surface area contributed by atoms with Crippen LogP contribution in [0.5, 0.6) is 0 Å². The van der Waals surface area contributed by atoms with Crippen LogP contribution in [0.3, 0.4) is 0 Å². The summed E-state index contributed by atoms with van der Waals surface area (Å²) < 4.78 is 28.8. The van der Waals surface area contributed by atoms with Crippen LogP contribution in [0.15, 0.2) is 12.7 Å². The number of nitrogens with two attached hydrogens (primary N) is 1. The fraction of sp³-hybridized carbons (Fsp3) is 0.714. The predicted octanol–water partition coefficient (Wildman–Crippen LogP) is 0.641. The molecule has 2 atom stereocenters. The van der Waals surface area contributed by atoms with Crippen molar-refractivity contribution < 1.29 is 22.7 Å². The van der Waals surface area contributed by atoms with Crippen LogP contribution in [-0.4, -0.2) is 41.6 Å². The van der Waals surface area contributed by atoms with Crippen LogP contribution in [0.25, 0.3) is 0 Å². The second kappa shape index (κ2) is 4.71. The van der Waals surface area contributed by atoms with Crippen molar-refractivity contribution >= 4 is 21.8 Å². The van der Waals surface area contributed by atoms with Crippen molar-refractivity contribution in [2.75, 3.05) is 0 Å². The van der Waals surface area contributed by atoms with E-state index in [1.807, 2.05) is 0 Å². The average molecular weight is 330 g/mol. The fourth-order valence-electron chi connectivity index (χ4n) is 2.72. The van der Waals surface area contributed by atoms with Crippen molar-refractivity contribution in [3.63, 3.8) is 0 Å². The Balaban J connectivity index is 2.31. The fourth-order valence-corrected chi connectivity index (χ4v) is 5.36. The van der Waals surface area contributed by atoms with Gasteiger partial charge in [-0.25, -0.2) is 13.2 Å². The molecule has 2 amide bonds. The zero-order chi connectivity index (χ0) is 17.0. The van der Waals surface area contributed by atoms with Crippen molar-refractivity contribution in [2.24, 2.45) is 5.73 Å². The van der Waals surface area contributed by atoms with Crippen LogP contribution < -0.4 is 11.1 Å². The molecular formula is C14H22N2O5S. The van der Waals surface area contributed by atoms with Crippen LogP contribution >= 0.6 is 0 Å². The molecule has 8 heteroatoms. The Bertz CT molecular complexity index is 632. The molecule has 0 aromatic carbocycles. The highest BCUT2D eigenvalue weighted by Crippen LogP contribution is 2.58. The third-order valence-corrected chi connectivity index (χ3v) is 7.08. The molecular weight excluding hydrogens is 308 g/mol. The molecule has 0 spiro atoms. The van der Waals surface area contributed by atoms with Gasteiger partial charge in [-0.1, -0.05) is 6.08 Å². The van der Waals surface area contributed by atoms with Gasteiger partial charge in [0, 0.05) is 6.42 Å². The minimum absolute atomic E-state index is 0.100. The van der Waals surface area contributed by atoms with Crippen LogP contribution in [0.2, 0.25) is 0 Å². The molecule has 0 aliphatic heterocycles. The summed E-state index contributed by atoms with van der Waals surface area (Å²) in [5.41, 5.74) is 2.94. The van der Waals surface area contributed by atoms with E-state index in [0.29, 0.717) is 12.8 Å². The van der Waals surface area contributed by atoms with E-state index in [1.54, 1.807) is 20.8 Å². The van der Waals surface area contributed by atoms with E-state index >= 15 is 0 Å². The maximum atomic E-state index is 12.6. The second-order valence-electron chi connectivity index (χ2n) is 6.91. The summed E-state index contributed by atoms with van der Waals surface area (Å²) in [5.74, 6) is -0.900. The van der Waals surface area contributed by atoms with E-state index in [4.69, 9.17) is 10.5 Å². The van der Waals surface area contributed by atoms with Crippen molar-refractivity contribution in [1.82, 2.24) is 5.32 Å². The van der Waals surface area contributed by atoms with Crippen molar-refractivity contribution in [3.8, 4) is 0 Å². The largest absolute Gasteiger partial charge is 0.444 e. The van der Waals surface area contributed by atoms with Gasteiger partial charge >= 0.3 is 6.09 Å². The highest BCUT2D eigenvalue weighted by Gasteiger charge is 2.79. The summed E-state index contributed by atoms with van der Waals surface area (Å²) in [6, 6.07) is 0. The highest BCUT2D eigenvalue weighted by atomic mass is 32.2. The Kier molecular flexibility index (Phi) is 3.60. The molecule has 0 heterocycles. The summed E-state index contributed by atoms with van der Waals surface area (Å²) in [4.78, 5) is 23.9. The molecule has 0 radical (unpaired) electrons. The van der Waals surface area contributed by atoms with Gasteiger partial charge < -0.3 is 15.8 Å². The number of alkyl carbamates (subject to hydrolysis) is 1. The molecule has 0 aromatic rings. The van der Waals surface area contributed by atoms with Gasteiger partial charge in [-0.3, -0.25) is 4.79 Å². The first-order valence-corrected chi connectivity index (χ1v) is 8.65. The van der Waals surface area contributed by atoms with Gasteiger partial charge in [0.25, 0.3) is 0 Å². The Labute approximate surface area is 130 Å². The number of nitrogens with one attached hydrogen (secondary N) is 1. The van der Waals surface area contributed by atoms with Gasteiger partial charge in [0.05, 0.1) is 5.25 Å². The zero-order valence-corrected chi connectivity index (χ0v) is 13.8. The van der Waals surface area contributed by atoms with E-state index < -0.39 is 43.0 Å². The number of ether oxygens (including phenoxy) is 1. The lowest BCUT2D eigenvalue weighted by atomic mass is 10.2. The number of carbonyl (C=O) groups excluding carboxylic acids is 2. The average Bonchev–Trinajstić information content (AvgIpc) is 3.20. The summed E-state index contributed by atoms with van der Waals surface area (Å²) in [5, 5.41) is 1.87. The molecule has 7 nitrogen and oxygen atoms in total. The predicted molar refractivity (Wildman–Crippen MR) is 80.8 cm³/mol. The molecule has 22 heavy (non-hydrogen) atoms. The van der Waals surface area contributed by atoms with Crippen LogP contribution in [0.4, 0.5) is 4.79 Å². The lowest BCUT2D eigenvalue weighted by Crippen LogP contribution is -2.55. The smallest absolute Gasteiger partial charge is 0.408 e. The number of carbonyl (C=O) groups is 2. The lowest BCUT2D eigenvalue weighted by Gasteiger charge is -2.25. The number of hydrogen-bond donors (Lipinski definition) is 2. The van der Waals surface area contributed by atoms with E-state index in [1.165, 1.54) is 6.08 Å². The Morgan fingerprint density at radius 2 is 1.91 bits per heavy atom. The number of sulfone groups is 1. The molecule has 2 saturated carbocycles. The quantitative estimate of drug-likeness (QED) is 0.718. The van der Waals surface area contributed by atoms with Gasteiger partial charge in [0.1, 0.15) is 15.9 Å². The Morgan fingerprint density at radius 3 is 2.27 bits per heavy atom. The van der Waals surface area contributed by atoms with Crippen molar-refractivity contribution in [3.05, 3.63) is 12.7 Å². The van der Waals surface area contributed by atoms with Crippen LogP contribution in [0.1, 0.15) is 40.0 Å². The monoisotopic (exact) mass is 330 g/mol. The van der Waals surface area contributed by atoms with Crippen molar-refractivity contribution in [2.45, 2.75) is 61.2 Å². The normalized spacial score (nSPS) is 31.2. The molecule has 2 rings (SSSR count). The van der Waals surface area contributed by atoms with Gasteiger partial charge in [-0.2, -0.15) is 0 Å². The van der Waals surface area contributed by atoms with E-state index in [0.717, 1.165) is 0 Å². The molecule has 124 valence electrons. The zero-order valence-electron chi connectivity index (χ0n) is 13.0. The molecule has 2 unspecified atom stereocenters. The minimum Gasteiger partial charge on any atom is -0.444 e. The molecule has 2 fully saturated rings. The summed E-state index contributed by atoms with van der Waals surface area (Å²) in [6.07, 6.45) is 1.35. The Hall–Kier alpha value is -1.57. The highest BCUT2D eigenvalue weighted by molar-refractivity contribution is 7.94. The van der Waals surface area contributed by atoms with Crippen molar-refractivity contribution in [1.29, 1.82) is 0 Å². The molecule has 2 aliphatic carbocycles. The summed E-state index contributed by atoms with van der Waals surface area (Å²) in [7, 11) is -3.64. The first-order chi connectivity index (χ1) is 9.92. The summed E-state index contributed by atoms with van der Waals surface area (Å²) >= 11 is 0. The molecule has 3 N–H and O–H groups in total. The van der Waals surface area contributed by atoms with Gasteiger partial charge in [-0.05, 0) is 33.6 Å². The molecule has 0 saturated heterocycles. The number of rotatable bonds is 5. The van der Waals surface area contributed by atoms with E-state index in [-0.39, 0.29) is 6.42 Å². The molecule has 0 bridgehead atoms. The third kappa shape index (κ3) is 2.39. The molecule has 0 aromatic heterocycles. The first-order valence-electron chi connectivity index (χ1n) is 7.10. The number of hydrogen-bond acceptors (Lipinski definition) is 5. The number of amides is 2. The third-order valence-electron chi connectivity index (χ3n) is 4.06. The Morgan fingerprint density at radius 1 is 1.36 bits per heavy atom. The van der Waals surface area contributed by atoms with Crippen LogP contribution in [0, 0.1) is 0 Å². The first kappa shape index (κ1) is 16.8. The summed E-state index contributed by atoms with van der Waals surface area (Å²) in [6.45, 7) is 8.55. The van der Waals surface area contributed by atoms with E-state index in [9.17, 15) is 18.0 Å². The minimum atomic E-state index is -3.64. The SMILES string of the molecule is C=CC1(S(=O)(=O)C2CC2)CC1(NC(=O)OC(C)(C)C)C(N)=O. The van der Waals surface area contributed by atoms with E-state index in [2.05, 4.69) is 11.9 Å². The number of primary amides is 1. The second-order valence-corrected chi connectivity index (χ2v) is 9.40. The van der Waals surface area contributed by atoms with Gasteiger partial charge in [0.15, 0.2) is 9.84 Å². The lowest BCUT2D eigenvalue weighted by molar-refractivity contribution is -0.121. The molecule has 2 aliphatic rings. The topological polar surface area (TPSA) is 116 Å². The maximum Gasteiger partial charge on any atom is 0.408 e. The van der Waals surface area contributed by atoms with Gasteiger partial charge in [0.2, 0.25) is 5.91 Å². The maximum absolute atomic E-state index is 12.6. The standard InChI is InChI=1S/C14H22N2O5S/c1-5-13(22(19,20)9-6-7-9)8-14(13,10(15)17)16-11(18)21-12(2,3)4/h5,9H,1,6-8H2,2-4H3,(H2,15,17)(H,16,18).